The Morgan fingerprint density at radius 2 is 2.14 bits per heavy atom. The van der Waals surface area contributed by atoms with Gasteiger partial charge in [0.25, 0.3) is 0 Å². The van der Waals surface area contributed by atoms with E-state index in [1.807, 2.05) is 6.20 Å². The molecule has 0 unspecified atom stereocenters. The Kier molecular flexibility index (Phi) is 3.51. The fourth-order valence-corrected chi connectivity index (χ4v) is 4.64. The fourth-order valence-electron chi connectivity index (χ4n) is 4.64. The molecule has 0 saturated carbocycles. The molecule has 4 heteroatoms. The first kappa shape index (κ1) is 14.0. The van der Waals surface area contributed by atoms with Crippen molar-refractivity contribution in [2.45, 2.75) is 44.3 Å². The summed E-state index contributed by atoms with van der Waals surface area (Å²) >= 11 is 0. The number of aliphatic hydroxyl groups excluding tert-OH is 1. The summed E-state index contributed by atoms with van der Waals surface area (Å²) in [5.74, 6) is 0. The van der Waals surface area contributed by atoms with Crippen LogP contribution in [0.25, 0.3) is 0 Å². The lowest BCUT2D eigenvalue weighted by molar-refractivity contribution is 0.0748. The van der Waals surface area contributed by atoms with Gasteiger partial charge in [-0.15, -0.1) is 0 Å². The molecule has 2 saturated heterocycles. The van der Waals surface area contributed by atoms with Gasteiger partial charge in [0.05, 0.1) is 12.9 Å². The van der Waals surface area contributed by atoms with Crippen LogP contribution in [0.2, 0.25) is 0 Å². The molecular formula is C18H23N3O. The van der Waals surface area contributed by atoms with Gasteiger partial charge in [0, 0.05) is 35.9 Å². The predicted octanol–water partition coefficient (Wildman–Crippen LogP) is 2.37. The minimum atomic E-state index is 0.0181. The molecule has 1 aromatic carbocycles. The molecular weight excluding hydrogens is 274 g/mol. The predicted molar refractivity (Wildman–Crippen MR) is 85.2 cm³/mol. The highest BCUT2D eigenvalue weighted by atomic mass is 16.3. The molecule has 116 valence electrons. The second-order valence-corrected chi connectivity index (χ2v) is 6.88. The maximum atomic E-state index is 10.2. The first-order valence-corrected chi connectivity index (χ1v) is 8.18. The van der Waals surface area contributed by atoms with Crippen LogP contribution in [0, 0.1) is 5.41 Å². The highest BCUT2D eigenvalue weighted by Gasteiger charge is 2.55. The zero-order chi connectivity index (χ0) is 15.0. The molecule has 0 aliphatic carbocycles. The summed E-state index contributed by atoms with van der Waals surface area (Å²) in [4.78, 5) is 9.93. The van der Waals surface area contributed by atoms with Gasteiger partial charge in [0.1, 0.15) is 0 Å². The SMILES string of the molecule is OC[C@]1(Cc2ccccc2)C[C@@H]2CC[C@H]1N2Cc1cnc[nH]1. The van der Waals surface area contributed by atoms with E-state index in [0.29, 0.717) is 12.1 Å². The summed E-state index contributed by atoms with van der Waals surface area (Å²) in [7, 11) is 0. The number of aromatic nitrogens is 2. The summed E-state index contributed by atoms with van der Waals surface area (Å²) in [6.45, 7) is 1.20. The average molecular weight is 297 g/mol. The Bertz CT molecular complexity index is 613. The molecule has 2 bridgehead atoms. The first-order valence-electron chi connectivity index (χ1n) is 8.18. The van der Waals surface area contributed by atoms with Crippen molar-refractivity contribution in [1.29, 1.82) is 0 Å². The van der Waals surface area contributed by atoms with E-state index >= 15 is 0 Å². The van der Waals surface area contributed by atoms with Crippen molar-refractivity contribution < 1.29 is 5.11 Å². The van der Waals surface area contributed by atoms with Crippen LogP contribution in [0.3, 0.4) is 0 Å². The normalized spacial score (nSPS) is 31.0. The first-order chi connectivity index (χ1) is 10.8. The molecule has 2 aliphatic heterocycles. The van der Waals surface area contributed by atoms with Gasteiger partial charge in [0.15, 0.2) is 0 Å². The van der Waals surface area contributed by atoms with Crippen LogP contribution in [0.1, 0.15) is 30.5 Å². The lowest BCUT2D eigenvalue weighted by Crippen LogP contribution is -2.41. The van der Waals surface area contributed by atoms with E-state index in [-0.39, 0.29) is 12.0 Å². The number of fused-ring (bicyclic) bond motifs is 2. The summed E-state index contributed by atoms with van der Waals surface area (Å²) in [6.07, 6.45) is 8.20. The van der Waals surface area contributed by atoms with Crippen LogP contribution < -0.4 is 0 Å². The van der Waals surface area contributed by atoms with Crippen molar-refractivity contribution >= 4 is 0 Å². The molecule has 0 spiro atoms. The minimum Gasteiger partial charge on any atom is -0.396 e. The third-order valence-electron chi connectivity index (χ3n) is 5.61. The summed E-state index contributed by atoms with van der Waals surface area (Å²) in [6, 6.07) is 11.7. The van der Waals surface area contributed by atoms with E-state index in [1.54, 1.807) is 6.33 Å². The van der Waals surface area contributed by atoms with Crippen molar-refractivity contribution in [2.75, 3.05) is 6.61 Å². The highest BCUT2D eigenvalue weighted by Crippen LogP contribution is 2.51. The number of aromatic amines is 1. The van der Waals surface area contributed by atoms with Gasteiger partial charge in [-0.25, -0.2) is 4.98 Å². The van der Waals surface area contributed by atoms with Crippen LogP contribution in [0.5, 0.6) is 0 Å². The van der Waals surface area contributed by atoms with Crippen LogP contribution >= 0.6 is 0 Å². The molecule has 0 amide bonds. The molecule has 0 radical (unpaired) electrons. The van der Waals surface area contributed by atoms with Gasteiger partial charge in [-0.05, 0) is 31.2 Å². The van der Waals surface area contributed by atoms with E-state index < -0.39 is 0 Å². The van der Waals surface area contributed by atoms with E-state index in [4.69, 9.17) is 0 Å². The fraction of sp³-hybridized carbons (Fsp3) is 0.500. The standard InChI is InChI=1S/C18H23N3O/c22-12-18(8-14-4-2-1-3-5-14)9-16-6-7-17(18)21(16)11-15-10-19-13-20-15/h1-5,10,13,16-17,22H,6-9,11-12H2,(H,19,20)/t16-,17+,18-/m0/s1. The Morgan fingerprint density at radius 3 is 2.86 bits per heavy atom. The van der Waals surface area contributed by atoms with E-state index in [0.717, 1.165) is 19.4 Å². The quantitative estimate of drug-likeness (QED) is 0.891. The number of hydrogen-bond donors (Lipinski definition) is 2. The number of nitrogens with zero attached hydrogens (tertiary/aromatic N) is 2. The monoisotopic (exact) mass is 297 g/mol. The van der Waals surface area contributed by atoms with Gasteiger partial charge >= 0.3 is 0 Å². The molecule has 3 heterocycles. The molecule has 3 atom stereocenters. The topological polar surface area (TPSA) is 52.1 Å². The molecule has 2 N–H and O–H groups in total. The van der Waals surface area contributed by atoms with Gasteiger partial charge in [-0.2, -0.15) is 0 Å². The summed E-state index contributed by atoms with van der Waals surface area (Å²) in [5, 5.41) is 10.2. The zero-order valence-electron chi connectivity index (χ0n) is 12.8. The van der Waals surface area contributed by atoms with Crippen molar-refractivity contribution in [3.8, 4) is 0 Å². The third-order valence-corrected chi connectivity index (χ3v) is 5.61. The zero-order valence-corrected chi connectivity index (χ0v) is 12.8. The second kappa shape index (κ2) is 5.52. The largest absolute Gasteiger partial charge is 0.396 e. The Labute approximate surface area is 131 Å². The van der Waals surface area contributed by atoms with Gasteiger partial charge in [-0.3, -0.25) is 4.90 Å². The number of nitrogens with one attached hydrogen (secondary N) is 1. The molecule has 2 aliphatic rings. The third kappa shape index (κ3) is 2.27. The molecule has 4 rings (SSSR count). The lowest BCUT2D eigenvalue weighted by Gasteiger charge is -2.36. The smallest absolute Gasteiger partial charge is 0.0922 e. The Balaban J connectivity index is 1.57. The van der Waals surface area contributed by atoms with Crippen molar-refractivity contribution in [2.24, 2.45) is 5.41 Å². The van der Waals surface area contributed by atoms with E-state index in [2.05, 4.69) is 45.2 Å². The second-order valence-electron chi connectivity index (χ2n) is 6.88. The highest BCUT2D eigenvalue weighted by molar-refractivity contribution is 5.21. The van der Waals surface area contributed by atoms with E-state index in [1.165, 1.54) is 24.1 Å². The Hall–Kier alpha value is -1.65. The van der Waals surface area contributed by atoms with Crippen LogP contribution in [0.4, 0.5) is 0 Å². The van der Waals surface area contributed by atoms with Crippen LogP contribution in [-0.2, 0) is 13.0 Å². The average Bonchev–Trinajstić information content (AvgIpc) is 3.26. The number of aliphatic hydroxyl groups is 1. The molecule has 4 nitrogen and oxygen atoms in total. The van der Waals surface area contributed by atoms with Crippen molar-refractivity contribution in [1.82, 2.24) is 14.9 Å². The molecule has 2 fully saturated rings. The molecule has 1 aromatic heterocycles. The van der Waals surface area contributed by atoms with Gasteiger partial charge < -0.3 is 10.1 Å². The van der Waals surface area contributed by atoms with Crippen molar-refractivity contribution in [3.05, 3.63) is 54.1 Å². The van der Waals surface area contributed by atoms with Crippen LogP contribution in [-0.4, -0.2) is 38.7 Å². The maximum absolute atomic E-state index is 10.2. The van der Waals surface area contributed by atoms with Gasteiger partial charge in [0.2, 0.25) is 0 Å². The number of hydrogen-bond acceptors (Lipinski definition) is 3. The lowest BCUT2D eigenvalue weighted by atomic mass is 9.70. The number of rotatable bonds is 5. The number of imidazole rings is 1. The maximum Gasteiger partial charge on any atom is 0.0922 e. The van der Waals surface area contributed by atoms with E-state index in [9.17, 15) is 5.11 Å². The van der Waals surface area contributed by atoms with Crippen molar-refractivity contribution in [3.63, 3.8) is 0 Å². The molecule has 2 aromatic rings. The number of benzene rings is 1. The number of H-pyrrole nitrogens is 1. The minimum absolute atomic E-state index is 0.0181. The summed E-state index contributed by atoms with van der Waals surface area (Å²) < 4.78 is 0. The molecule has 22 heavy (non-hydrogen) atoms. The Morgan fingerprint density at radius 1 is 1.27 bits per heavy atom. The summed E-state index contributed by atoms with van der Waals surface area (Å²) in [5.41, 5.74) is 2.53. The van der Waals surface area contributed by atoms with Gasteiger partial charge in [-0.1, -0.05) is 30.3 Å². The van der Waals surface area contributed by atoms with Crippen LogP contribution in [0.15, 0.2) is 42.9 Å².